The van der Waals surface area contributed by atoms with Gasteiger partial charge in [-0.05, 0) is 55.7 Å². The number of nitrogens with one attached hydrogen (secondary N) is 1. The summed E-state index contributed by atoms with van der Waals surface area (Å²) in [5.74, 6) is -0.582. The molecule has 0 saturated carbocycles. The second kappa shape index (κ2) is 9.65. The highest BCUT2D eigenvalue weighted by atomic mass is 32.2. The SMILES string of the molecule is COc1ccc([C@@H](C)NC(=O)[C@H]2CCCN(S(=O)(=O)c3cc(F)ccc3OC)C2)cc1. The number of ether oxygens (including phenoxy) is 2. The van der Waals surface area contributed by atoms with Crippen LogP contribution >= 0.6 is 0 Å². The van der Waals surface area contributed by atoms with E-state index in [9.17, 15) is 17.6 Å². The van der Waals surface area contributed by atoms with Crippen LogP contribution in [0.4, 0.5) is 4.39 Å². The van der Waals surface area contributed by atoms with Gasteiger partial charge in [0.15, 0.2) is 0 Å². The minimum atomic E-state index is -4.01. The molecule has 0 spiro atoms. The molecule has 31 heavy (non-hydrogen) atoms. The smallest absolute Gasteiger partial charge is 0.246 e. The van der Waals surface area contributed by atoms with Crippen LogP contribution in [0.5, 0.6) is 11.5 Å². The Morgan fingerprint density at radius 3 is 2.52 bits per heavy atom. The zero-order valence-corrected chi connectivity index (χ0v) is 18.6. The number of amides is 1. The van der Waals surface area contributed by atoms with Crippen molar-refractivity contribution in [3.63, 3.8) is 0 Å². The zero-order chi connectivity index (χ0) is 22.6. The Kier molecular flexibility index (Phi) is 7.17. The van der Waals surface area contributed by atoms with E-state index in [2.05, 4.69) is 5.32 Å². The van der Waals surface area contributed by atoms with Gasteiger partial charge in [0, 0.05) is 13.1 Å². The molecule has 1 amide bonds. The molecular formula is C22H27FN2O5S. The van der Waals surface area contributed by atoms with Gasteiger partial charge >= 0.3 is 0 Å². The van der Waals surface area contributed by atoms with Crippen LogP contribution < -0.4 is 14.8 Å². The molecule has 168 valence electrons. The van der Waals surface area contributed by atoms with Gasteiger partial charge in [-0.15, -0.1) is 0 Å². The molecule has 0 aromatic heterocycles. The first-order chi connectivity index (χ1) is 14.8. The number of halogens is 1. The number of sulfonamides is 1. The lowest BCUT2D eigenvalue weighted by Crippen LogP contribution is -2.45. The maximum atomic E-state index is 13.7. The van der Waals surface area contributed by atoms with Crippen LogP contribution in [0.15, 0.2) is 47.4 Å². The van der Waals surface area contributed by atoms with E-state index in [0.717, 1.165) is 23.4 Å². The molecule has 1 N–H and O–H groups in total. The Bertz CT molecular complexity index is 1030. The average molecular weight is 451 g/mol. The lowest BCUT2D eigenvalue weighted by molar-refractivity contribution is -0.126. The summed E-state index contributed by atoms with van der Waals surface area (Å²) >= 11 is 0. The predicted molar refractivity (Wildman–Crippen MR) is 114 cm³/mol. The van der Waals surface area contributed by atoms with Crippen molar-refractivity contribution in [3.05, 3.63) is 53.8 Å². The molecule has 2 atom stereocenters. The summed E-state index contributed by atoms with van der Waals surface area (Å²) in [5, 5.41) is 2.96. The van der Waals surface area contributed by atoms with Crippen LogP contribution in [0.1, 0.15) is 31.4 Å². The third-order valence-electron chi connectivity index (χ3n) is 5.47. The van der Waals surface area contributed by atoms with Crippen molar-refractivity contribution in [3.8, 4) is 11.5 Å². The van der Waals surface area contributed by atoms with E-state index in [4.69, 9.17) is 9.47 Å². The Labute approximate surface area is 182 Å². The van der Waals surface area contributed by atoms with Crippen molar-refractivity contribution in [2.24, 2.45) is 5.92 Å². The van der Waals surface area contributed by atoms with Gasteiger partial charge in [0.1, 0.15) is 22.2 Å². The first kappa shape index (κ1) is 23.0. The minimum Gasteiger partial charge on any atom is -0.497 e. The normalized spacial score (nSPS) is 18.3. The van der Waals surface area contributed by atoms with Crippen LogP contribution in [0, 0.1) is 11.7 Å². The summed E-state index contributed by atoms with van der Waals surface area (Å²) in [5.41, 5.74) is 0.916. The molecule has 1 heterocycles. The molecule has 1 aliphatic rings. The molecule has 0 bridgehead atoms. The van der Waals surface area contributed by atoms with Gasteiger partial charge in [-0.2, -0.15) is 4.31 Å². The quantitative estimate of drug-likeness (QED) is 0.701. The van der Waals surface area contributed by atoms with Gasteiger partial charge in [-0.3, -0.25) is 4.79 Å². The lowest BCUT2D eigenvalue weighted by Gasteiger charge is -2.32. The highest BCUT2D eigenvalue weighted by molar-refractivity contribution is 7.89. The fourth-order valence-electron chi connectivity index (χ4n) is 3.67. The average Bonchev–Trinajstić information content (AvgIpc) is 2.79. The van der Waals surface area contributed by atoms with Gasteiger partial charge in [0.2, 0.25) is 15.9 Å². The highest BCUT2D eigenvalue weighted by Gasteiger charge is 2.35. The summed E-state index contributed by atoms with van der Waals surface area (Å²) in [6, 6.07) is 10.5. The predicted octanol–water partition coefficient (Wildman–Crippen LogP) is 3.12. The largest absolute Gasteiger partial charge is 0.497 e. The lowest BCUT2D eigenvalue weighted by atomic mass is 9.98. The third kappa shape index (κ3) is 5.16. The van der Waals surface area contributed by atoms with Crippen LogP contribution in [0.2, 0.25) is 0 Å². The molecular weight excluding hydrogens is 423 g/mol. The van der Waals surface area contributed by atoms with Gasteiger partial charge < -0.3 is 14.8 Å². The summed E-state index contributed by atoms with van der Waals surface area (Å²) < 4.78 is 51.5. The standard InChI is InChI=1S/C22H27FN2O5S/c1-15(16-6-9-19(29-2)10-7-16)24-22(26)17-5-4-12-25(14-17)31(27,28)21-13-18(23)8-11-20(21)30-3/h6-11,13,15,17H,4-5,12,14H2,1-3H3,(H,24,26)/t15-,17+/m1/s1. The number of benzene rings is 2. The number of carbonyl (C=O) groups is 1. The summed E-state index contributed by atoms with van der Waals surface area (Å²) in [6.45, 7) is 2.16. The van der Waals surface area contributed by atoms with E-state index >= 15 is 0 Å². The maximum absolute atomic E-state index is 13.7. The van der Waals surface area contributed by atoms with Crippen molar-refractivity contribution >= 4 is 15.9 Å². The van der Waals surface area contributed by atoms with Crippen molar-refractivity contribution in [1.29, 1.82) is 0 Å². The Hall–Kier alpha value is -2.65. The Morgan fingerprint density at radius 2 is 1.87 bits per heavy atom. The maximum Gasteiger partial charge on any atom is 0.246 e. The number of rotatable bonds is 7. The Morgan fingerprint density at radius 1 is 1.16 bits per heavy atom. The molecule has 0 unspecified atom stereocenters. The number of methoxy groups -OCH3 is 2. The van der Waals surface area contributed by atoms with E-state index in [1.165, 1.54) is 17.5 Å². The summed E-state index contributed by atoms with van der Waals surface area (Å²) in [6.07, 6.45) is 1.11. The second-order valence-corrected chi connectivity index (χ2v) is 9.41. The molecule has 2 aromatic rings. The molecule has 3 rings (SSSR count). The van der Waals surface area contributed by atoms with Gasteiger partial charge in [-0.25, -0.2) is 12.8 Å². The molecule has 0 aliphatic carbocycles. The first-order valence-electron chi connectivity index (χ1n) is 10.0. The summed E-state index contributed by atoms with van der Waals surface area (Å²) in [4.78, 5) is 12.6. The van der Waals surface area contributed by atoms with Crippen LogP contribution in [0.3, 0.4) is 0 Å². The number of hydrogen-bond acceptors (Lipinski definition) is 5. The van der Waals surface area contributed by atoms with E-state index < -0.39 is 21.8 Å². The molecule has 1 fully saturated rings. The van der Waals surface area contributed by atoms with Crippen molar-refractivity contribution in [2.75, 3.05) is 27.3 Å². The van der Waals surface area contributed by atoms with Crippen LogP contribution in [0.25, 0.3) is 0 Å². The van der Waals surface area contributed by atoms with Gasteiger partial charge in [0.05, 0.1) is 26.2 Å². The second-order valence-electron chi connectivity index (χ2n) is 7.50. The molecule has 0 radical (unpaired) electrons. The molecule has 2 aromatic carbocycles. The third-order valence-corrected chi connectivity index (χ3v) is 7.36. The fraction of sp³-hybridized carbons (Fsp3) is 0.409. The highest BCUT2D eigenvalue weighted by Crippen LogP contribution is 2.30. The topological polar surface area (TPSA) is 84.9 Å². The van der Waals surface area contributed by atoms with Crippen LogP contribution in [-0.2, 0) is 14.8 Å². The minimum absolute atomic E-state index is 0.0309. The Balaban J connectivity index is 1.72. The monoisotopic (exact) mass is 450 g/mol. The molecule has 9 heteroatoms. The van der Waals surface area contributed by atoms with E-state index in [1.807, 2.05) is 31.2 Å². The van der Waals surface area contributed by atoms with Crippen molar-refractivity contribution in [2.45, 2.75) is 30.7 Å². The van der Waals surface area contributed by atoms with E-state index in [1.54, 1.807) is 7.11 Å². The van der Waals surface area contributed by atoms with Crippen molar-refractivity contribution in [1.82, 2.24) is 9.62 Å². The van der Waals surface area contributed by atoms with Gasteiger partial charge in [0.25, 0.3) is 0 Å². The van der Waals surface area contributed by atoms with Crippen LogP contribution in [-0.4, -0.2) is 45.9 Å². The number of carbonyl (C=O) groups excluding carboxylic acids is 1. The number of piperidine rings is 1. The number of hydrogen-bond donors (Lipinski definition) is 1. The first-order valence-corrected chi connectivity index (χ1v) is 11.5. The van der Waals surface area contributed by atoms with E-state index in [0.29, 0.717) is 12.8 Å². The fourth-order valence-corrected chi connectivity index (χ4v) is 5.36. The molecule has 7 nitrogen and oxygen atoms in total. The zero-order valence-electron chi connectivity index (χ0n) is 17.8. The van der Waals surface area contributed by atoms with Crippen molar-refractivity contribution < 1.29 is 27.1 Å². The van der Waals surface area contributed by atoms with Gasteiger partial charge in [-0.1, -0.05) is 12.1 Å². The summed E-state index contributed by atoms with van der Waals surface area (Å²) in [7, 11) is -1.09. The molecule has 1 saturated heterocycles. The number of nitrogens with zero attached hydrogens (tertiary/aromatic N) is 1. The molecule has 1 aliphatic heterocycles. The van der Waals surface area contributed by atoms with E-state index in [-0.39, 0.29) is 35.7 Å².